The van der Waals surface area contributed by atoms with E-state index in [9.17, 15) is 9.59 Å². The highest BCUT2D eigenvalue weighted by molar-refractivity contribution is 5.75. The summed E-state index contributed by atoms with van der Waals surface area (Å²) in [4.78, 5) is 22.3. The van der Waals surface area contributed by atoms with Crippen molar-refractivity contribution in [3.05, 3.63) is 0 Å². The Hall–Kier alpha value is -0.900. The van der Waals surface area contributed by atoms with Gasteiger partial charge in [-0.3, -0.25) is 4.79 Å². The van der Waals surface area contributed by atoms with Crippen LogP contribution in [0, 0.1) is 0 Å². The summed E-state index contributed by atoms with van der Waals surface area (Å²) in [6.45, 7) is 3.88. The molecule has 0 saturated carbocycles. The minimum atomic E-state index is -0.735. The van der Waals surface area contributed by atoms with E-state index in [1.165, 1.54) is 0 Å². The Balaban J connectivity index is 2.27. The second kappa shape index (κ2) is 3.30. The highest BCUT2D eigenvalue weighted by Crippen LogP contribution is 2.48. The molecule has 0 bridgehead atoms. The predicted molar refractivity (Wildman–Crippen MR) is 52.3 cm³/mol. The predicted octanol–water partition coefficient (Wildman–Crippen LogP) is 1.22. The summed E-state index contributed by atoms with van der Waals surface area (Å²) in [5.74, 6) is -0.211. The number of hydrogen-bond donors (Lipinski definition) is 0. The molecule has 0 spiro atoms. The van der Waals surface area contributed by atoms with Crippen LogP contribution in [-0.2, 0) is 19.1 Å². The monoisotopic (exact) mass is 212 g/mol. The molecule has 0 unspecified atom stereocenters. The van der Waals surface area contributed by atoms with Gasteiger partial charge < -0.3 is 14.3 Å². The number of aldehydes is 1. The average molecular weight is 212 g/mol. The van der Waals surface area contributed by atoms with E-state index in [0.29, 0.717) is 19.3 Å². The molecule has 0 aromatic heterocycles. The molecule has 2 saturated heterocycles. The van der Waals surface area contributed by atoms with Gasteiger partial charge in [-0.05, 0) is 12.8 Å². The Labute approximate surface area is 88.9 Å². The molecule has 3 atom stereocenters. The van der Waals surface area contributed by atoms with E-state index in [4.69, 9.17) is 9.47 Å². The van der Waals surface area contributed by atoms with Crippen LogP contribution in [0.25, 0.3) is 0 Å². The van der Waals surface area contributed by atoms with Crippen LogP contribution >= 0.6 is 0 Å². The lowest BCUT2D eigenvalue weighted by Crippen LogP contribution is -2.35. The van der Waals surface area contributed by atoms with Gasteiger partial charge >= 0.3 is 5.97 Å². The van der Waals surface area contributed by atoms with Gasteiger partial charge in [-0.15, -0.1) is 0 Å². The molecule has 2 fully saturated rings. The summed E-state index contributed by atoms with van der Waals surface area (Å²) < 4.78 is 11.1. The van der Waals surface area contributed by atoms with Crippen molar-refractivity contribution >= 4 is 12.3 Å². The normalized spacial score (nSPS) is 43.9. The second-order valence-corrected chi connectivity index (χ2v) is 4.42. The van der Waals surface area contributed by atoms with Crippen LogP contribution in [0.15, 0.2) is 0 Å². The summed E-state index contributed by atoms with van der Waals surface area (Å²) in [5, 5.41) is 0. The van der Waals surface area contributed by atoms with E-state index in [1.807, 2.05) is 13.8 Å². The zero-order chi connectivity index (χ0) is 11.1. The highest BCUT2D eigenvalue weighted by Gasteiger charge is 2.60. The number of esters is 1. The number of fused-ring (bicyclic) bond motifs is 1. The van der Waals surface area contributed by atoms with Gasteiger partial charge in [-0.25, -0.2) is 0 Å². The number of rotatable bonds is 3. The Bertz CT molecular complexity index is 301. The summed E-state index contributed by atoms with van der Waals surface area (Å²) in [5.41, 5.74) is -1.28. The van der Waals surface area contributed by atoms with Crippen LogP contribution in [0.3, 0.4) is 0 Å². The third kappa shape index (κ3) is 1.39. The molecular formula is C11H16O4. The first-order valence-corrected chi connectivity index (χ1v) is 5.46. The molecule has 15 heavy (non-hydrogen) atoms. The fourth-order valence-electron chi connectivity index (χ4n) is 2.59. The van der Waals surface area contributed by atoms with E-state index < -0.39 is 11.2 Å². The van der Waals surface area contributed by atoms with E-state index in [0.717, 1.165) is 6.29 Å². The lowest BCUT2D eigenvalue weighted by Gasteiger charge is -2.25. The van der Waals surface area contributed by atoms with Gasteiger partial charge in [0.1, 0.15) is 17.3 Å². The maximum absolute atomic E-state index is 11.2. The van der Waals surface area contributed by atoms with Crippen LogP contribution in [0.4, 0.5) is 0 Å². The molecule has 0 radical (unpaired) electrons. The van der Waals surface area contributed by atoms with Crippen molar-refractivity contribution in [2.75, 3.05) is 0 Å². The molecule has 2 heterocycles. The van der Waals surface area contributed by atoms with Crippen molar-refractivity contribution in [2.24, 2.45) is 0 Å². The van der Waals surface area contributed by atoms with Gasteiger partial charge in [-0.1, -0.05) is 13.8 Å². The van der Waals surface area contributed by atoms with Gasteiger partial charge in [0.05, 0.1) is 6.42 Å². The molecule has 4 heteroatoms. The van der Waals surface area contributed by atoms with Gasteiger partial charge in [0.25, 0.3) is 0 Å². The maximum Gasteiger partial charge on any atom is 0.309 e. The lowest BCUT2D eigenvalue weighted by atomic mass is 9.85. The Kier molecular flexibility index (Phi) is 2.34. The standard InChI is InChI=1S/C11H16O4/c1-3-10(7-12)6-11(4-2)8(14-10)5-9(13)15-11/h7-8H,3-6H2,1-2H3/t8-,10+,11-/m1/s1. The van der Waals surface area contributed by atoms with Crippen LogP contribution < -0.4 is 0 Å². The maximum atomic E-state index is 11.2. The third-order valence-electron chi connectivity index (χ3n) is 3.64. The molecular weight excluding hydrogens is 196 g/mol. The van der Waals surface area contributed by atoms with Crippen LogP contribution in [0.2, 0.25) is 0 Å². The molecule has 0 aromatic carbocycles. The van der Waals surface area contributed by atoms with Crippen molar-refractivity contribution in [1.29, 1.82) is 0 Å². The van der Waals surface area contributed by atoms with Crippen LogP contribution in [0.1, 0.15) is 39.5 Å². The van der Waals surface area contributed by atoms with Gasteiger partial charge in [0.15, 0.2) is 6.29 Å². The Morgan fingerprint density at radius 2 is 2.20 bits per heavy atom. The number of carbonyl (C=O) groups excluding carboxylic acids is 2. The van der Waals surface area contributed by atoms with Gasteiger partial charge in [0, 0.05) is 6.42 Å². The van der Waals surface area contributed by atoms with E-state index >= 15 is 0 Å². The molecule has 0 aliphatic carbocycles. The van der Waals surface area contributed by atoms with E-state index in [-0.39, 0.29) is 18.5 Å². The SMILES string of the molecule is CC[C@@]1(C=O)C[C@@]2(CC)OC(=O)C[C@H]2O1. The molecule has 0 aromatic rings. The number of hydrogen-bond acceptors (Lipinski definition) is 4. The molecule has 84 valence electrons. The number of ether oxygens (including phenoxy) is 2. The molecule has 2 rings (SSSR count). The zero-order valence-electron chi connectivity index (χ0n) is 9.12. The van der Waals surface area contributed by atoms with Crippen molar-refractivity contribution in [3.8, 4) is 0 Å². The molecule has 2 aliphatic rings. The van der Waals surface area contributed by atoms with E-state index in [2.05, 4.69) is 0 Å². The topological polar surface area (TPSA) is 52.6 Å². The molecule has 2 aliphatic heterocycles. The number of carbonyl (C=O) groups is 2. The molecule has 0 N–H and O–H groups in total. The summed E-state index contributed by atoms with van der Waals surface area (Å²) >= 11 is 0. The first kappa shape index (κ1) is 10.6. The van der Waals surface area contributed by atoms with Crippen LogP contribution in [0.5, 0.6) is 0 Å². The largest absolute Gasteiger partial charge is 0.456 e. The Morgan fingerprint density at radius 1 is 1.47 bits per heavy atom. The van der Waals surface area contributed by atoms with Crippen molar-refractivity contribution in [1.82, 2.24) is 0 Å². The Morgan fingerprint density at radius 3 is 2.67 bits per heavy atom. The van der Waals surface area contributed by atoms with Crippen molar-refractivity contribution < 1.29 is 19.1 Å². The fourth-order valence-corrected chi connectivity index (χ4v) is 2.59. The van der Waals surface area contributed by atoms with Crippen molar-refractivity contribution in [3.63, 3.8) is 0 Å². The third-order valence-corrected chi connectivity index (χ3v) is 3.64. The first-order chi connectivity index (χ1) is 7.10. The van der Waals surface area contributed by atoms with Gasteiger partial charge in [0.2, 0.25) is 0 Å². The summed E-state index contributed by atoms with van der Waals surface area (Å²) in [6, 6.07) is 0. The minimum absolute atomic E-state index is 0.211. The average Bonchev–Trinajstić information content (AvgIpc) is 2.68. The second-order valence-electron chi connectivity index (χ2n) is 4.42. The van der Waals surface area contributed by atoms with Gasteiger partial charge in [-0.2, -0.15) is 0 Å². The fraction of sp³-hybridized carbons (Fsp3) is 0.818. The summed E-state index contributed by atoms with van der Waals surface area (Å²) in [7, 11) is 0. The van der Waals surface area contributed by atoms with E-state index in [1.54, 1.807) is 0 Å². The molecule has 0 amide bonds. The highest BCUT2D eigenvalue weighted by atomic mass is 16.6. The minimum Gasteiger partial charge on any atom is -0.456 e. The smallest absolute Gasteiger partial charge is 0.309 e. The summed E-state index contributed by atoms with van der Waals surface area (Å²) in [6.07, 6.45) is 2.75. The quantitative estimate of drug-likeness (QED) is 0.521. The zero-order valence-corrected chi connectivity index (χ0v) is 9.12. The molecule has 4 nitrogen and oxygen atoms in total. The van der Waals surface area contributed by atoms with Crippen LogP contribution in [-0.4, -0.2) is 29.6 Å². The van der Waals surface area contributed by atoms with Crippen molar-refractivity contribution in [2.45, 2.75) is 56.8 Å². The first-order valence-electron chi connectivity index (χ1n) is 5.46. The lowest BCUT2D eigenvalue weighted by molar-refractivity contribution is -0.149.